The first-order chi connectivity index (χ1) is 8.86. The van der Waals surface area contributed by atoms with Gasteiger partial charge in [-0.1, -0.05) is 0 Å². The molecule has 2 N–H and O–H groups in total. The minimum atomic E-state index is -0.778. The smallest absolute Gasteiger partial charge is 0.320 e. The molecule has 1 aromatic rings. The standard InChI is InChI=1S/C11H13N3O5/c1-5-8(7-3-4-12-7)11(15)10(14(18)19)6(2)9(5)13(16)17/h7,12,15H,3-4H2,1-2H3/t7-/m0/s1. The topological polar surface area (TPSA) is 119 Å². The lowest BCUT2D eigenvalue weighted by Gasteiger charge is -2.29. The van der Waals surface area contributed by atoms with E-state index < -0.39 is 21.3 Å². The zero-order chi connectivity index (χ0) is 14.3. The van der Waals surface area contributed by atoms with Crippen LogP contribution in [0.5, 0.6) is 5.75 Å². The Morgan fingerprint density at radius 2 is 1.68 bits per heavy atom. The number of phenolic OH excluding ortho intramolecular Hbond substituents is 1. The number of hydrogen-bond acceptors (Lipinski definition) is 6. The van der Waals surface area contributed by atoms with Gasteiger partial charge < -0.3 is 10.4 Å². The van der Waals surface area contributed by atoms with E-state index in [0.29, 0.717) is 6.42 Å². The maximum Gasteiger partial charge on any atom is 0.320 e. The highest BCUT2D eigenvalue weighted by Crippen LogP contribution is 2.46. The van der Waals surface area contributed by atoms with Crippen LogP contribution in [0.3, 0.4) is 0 Å². The number of nitro benzene ring substituents is 2. The molecule has 0 radical (unpaired) electrons. The summed E-state index contributed by atoms with van der Waals surface area (Å²) in [5, 5.41) is 35.2. The molecule has 0 bridgehead atoms. The number of rotatable bonds is 3. The van der Waals surface area contributed by atoms with Crippen LogP contribution in [0.4, 0.5) is 11.4 Å². The van der Waals surface area contributed by atoms with E-state index >= 15 is 0 Å². The molecule has 102 valence electrons. The summed E-state index contributed by atoms with van der Waals surface area (Å²) in [6.07, 6.45) is 0.686. The molecule has 1 fully saturated rings. The van der Waals surface area contributed by atoms with Crippen molar-refractivity contribution in [1.82, 2.24) is 5.32 Å². The largest absolute Gasteiger partial charge is 0.502 e. The molecule has 8 heteroatoms. The van der Waals surface area contributed by atoms with Crippen molar-refractivity contribution in [2.24, 2.45) is 0 Å². The van der Waals surface area contributed by atoms with Crippen molar-refractivity contribution in [1.29, 1.82) is 0 Å². The van der Waals surface area contributed by atoms with Crippen LogP contribution in [0, 0.1) is 34.1 Å². The SMILES string of the molecule is Cc1c([C@@H]2CCN2)c(O)c([N+](=O)[O-])c(C)c1[N+](=O)[O-]. The van der Waals surface area contributed by atoms with Gasteiger partial charge in [-0.05, 0) is 26.8 Å². The molecule has 19 heavy (non-hydrogen) atoms. The third-order valence-corrected chi connectivity index (χ3v) is 3.49. The summed E-state index contributed by atoms with van der Waals surface area (Å²) in [7, 11) is 0. The fraction of sp³-hybridized carbons (Fsp3) is 0.455. The molecule has 1 saturated heterocycles. The third kappa shape index (κ3) is 1.89. The first-order valence-electron chi connectivity index (χ1n) is 5.74. The minimum Gasteiger partial charge on any atom is -0.502 e. The predicted octanol–water partition coefficient (Wildman–Crippen LogP) is 1.86. The van der Waals surface area contributed by atoms with Gasteiger partial charge in [-0.25, -0.2) is 0 Å². The van der Waals surface area contributed by atoms with Crippen molar-refractivity contribution < 1.29 is 15.0 Å². The Morgan fingerprint density at radius 3 is 2.05 bits per heavy atom. The van der Waals surface area contributed by atoms with Crippen molar-refractivity contribution in [3.8, 4) is 5.75 Å². The van der Waals surface area contributed by atoms with E-state index in [1.807, 2.05) is 0 Å². The van der Waals surface area contributed by atoms with E-state index in [1.165, 1.54) is 13.8 Å². The summed E-state index contributed by atoms with van der Waals surface area (Å²) in [4.78, 5) is 20.7. The fourth-order valence-corrected chi connectivity index (χ4v) is 2.46. The second-order valence-corrected chi connectivity index (χ2v) is 4.52. The minimum absolute atomic E-state index is 0.118. The van der Waals surface area contributed by atoms with Crippen LogP contribution in [-0.2, 0) is 0 Å². The number of aromatic hydroxyl groups is 1. The van der Waals surface area contributed by atoms with Gasteiger partial charge in [0.05, 0.1) is 9.85 Å². The summed E-state index contributed by atoms with van der Waals surface area (Å²) in [5.74, 6) is -0.470. The molecule has 1 aliphatic heterocycles. The summed E-state index contributed by atoms with van der Waals surface area (Å²) in [6.45, 7) is 3.50. The van der Waals surface area contributed by atoms with E-state index in [1.54, 1.807) is 0 Å². The molecule has 0 saturated carbocycles. The Morgan fingerprint density at radius 1 is 1.16 bits per heavy atom. The maximum atomic E-state index is 11.1. The molecule has 0 aromatic heterocycles. The number of nitrogens with zero attached hydrogens (tertiary/aromatic N) is 2. The molecule has 0 unspecified atom stereocenters. The quantitative estimate of drug-likeness (QED) is 0.637. The van der Waals surface area contributed by atoms with Crippen molar-refractivity contribution in [2.45, 2.75) is 26.3 Å². The molecular formula is C11H13N3O5. The first kappa shape index (κ1) is 13.2. The Bertz CT molecular complexity index is 539. The van der Waals surface area contributed by atoms with E-state index in [-0.39, 0.29) is 28.4 Å². The van der Waals surface area contributed by atoms with Crippen molar-refractivity contribution >= 4 is 11.4 Å². The molecule has 1 aliphatic rings. The van der Waals surface area contributed by atoms with Gasteiger partial charge in [-0.3, -0.25) is 20.2 Å². The summed E-state index contributed by atoms with van der Waals surface area (Å²) >= 11 is 0. The Balaban J connectivity index is 2.80. The van der Waals surface area contributed by atoms with Gasteiger partial charge >= 0.3 is 5.69 Å². The van der Waals surface area contributed by atoms with Gasteiger partial charge in [-0.15, -0.1) is 0 Å². The van der Waals surface area contributed by atoms with Crippen molar-refractivity contribution in [3.63, 3.8) is 0 Å². The maximum absolute atomic E-state index is 11.1. The van der Waals surface area contributed by atoms with E-state index in [2.05, 4.69) is 5.32 Å². The Labute approximate surface area is 108 Å². The van der Waals surface area contributed by atoms with E-state index in [0.717, 1.165) is 6.54 Å². The highest BCUT2D eigenvalue weighted by atomic mass is 16.6. The Hall–Kier alpha value is -2.22. The fourth-order valence-electron chi connectivity index (χ4n) is 2.46. The molecule has 1 atom stereocenters. The number of benzene rings is 1. The van der Waals surface area contributed by atoms with Crippen LogP contribution in [-0.4, -0.2) is 21.5 Å². The number of nitrogens with one attached hydrogen (secondary N) is 1. The van der Waals surface area contributed by atoms with Crippen molar-refractivity contribution in [2.75, 3.05) is 6.54 Å². The van der Waals surface area contributed by atoms with Gasteiger partial charge in [0.1, 0.15) is 5.56 Å². The van der Waals surface area contributed by atoms with Crippen LogP contribution in [0.2, 0.25) is 0 Å². The molecular weight excluding hydrogens is 254 g/mol. The van der Waals surface area contributed by atoms with Crippen LogP contribution < -0.4 is 5.32 Å². The van der Waals surface area contributed by atoms with Gasteiger partial charge in [0.25, 0.3) is 5.69 Å². The Kier molecular flexibility index (Phi) is 3.11. The second-order valence-electron chi connectivity index (χ2n) is 4.52. The summed E-state index contributed by atoms with van der Waals surface area (Å²) < 4.78 is 0. The average molecular weight is 267 g/mol. The van der Waals surface area contributed by atoms with Gasteiger partial charge in [0, 0.05) is 17.2 Å². The monoisotopic (exact) mass is 267 g/mol. The number of phenols is 1. The molecule has 1 aromatic carbocycles. The average Bonchev–Trinajstić information content (AvgIpc) is 2.19. The lowest BCUT2D eigenvalue weighted by molar-refractivity contribution is -0.396. The second kappa shape index (κ2) is 4.47. The normalized spacial score (nSPS) is 17.9. The van der Waals surface area contributed by atoms with Crippen LogP contribution in [0.15, 0.2) is 0 Å². The number of hydrogen-bond donors (Lipinski definition) is 2. The zero-order valence-corrected chi connectivity index (χ0v) is 10.5. The highest BCUT2D eigenvalue weighted by Gasteiger charge is 2.36. The van der Waals surface area contributed by atoms with Crippen LogP contribution in [0.25, 0.3) is 0 Å². The molecule has 0 aliphatic carbocycles. The first-order valence-corrected chi connectivity index (χ1v) is 5.74. The predicted molar refractivity (Wildman–Crippen MR) is 66.3 cm³/mol. The van der Waals surface area contributed by atoms with Crippen molar-refractivity contribution in [3.05, 3.63) is 36.9 Å². The van der Waals surface area contributed by atoms with Gasteiger partial charge in [0.2, 0.25) is 0 Å². The van der Waals surface area contributed by atoms with Gasteiger partial charge in [-0.2, -0.15) is 0 Å². The molecule has 8 nitrogen and oxygen atoms in total. The lowest BCUT2D eigenvalue weighted by atomic mass is 9.89. The molecule has 0 spiro atoms. The van der Waals surface area contributed by atoms with E-state index in [9.17, 15) is 25.3 Å². The zero-order valence-electron chi connectivity index (χ0n) is 10.5. The summed E-state index contributed by atoms with van der Waals surface area (Å²) in [6, 6.07) is -0.266. The van der Waals surface area contributed by atoms with E-state index in [4.69, 9.17) is 0 Å². The molecule has 2 rings (SSSR count). The highest BCUT2D eigenvalue weighted by molar-refractivity contribution is 5.69. The van der Waals surface area contributed by atoms with Crippen LogP contribution >= 0.6 is 0 Å². The summed E-state index contributed by atoms with van der Waals surface area (Å²) in [5.41, 5.74) is -0.458. The number of nitro groups is 2. The van der Waals surface area contributed by atoms with Gasteiger partial charge in [0.15, 0.2) is 5.75 Å². The lowest BCUT2D eigenvalue weighted by Crippen LogP contribution is -2.35. The molecule has 0 amide bonds. The third-order valence-electron chi connectivity index (χ3n) is 3.49. The molecule has 1 heterocycles. The van der Waals surface area contributed by atoms with Crippen LogP contribution in [0.1, 0.15) is 29.2 Å².